The van der Waals surface area contributed by atoms with Gasteiger partial charge in [0.15, 0.2) is 0 Å². The molecule has 3 amide bonds. The van der Waals surface area contributed by atoms with Crippen molar-refractivity contribution < 1.29 is 19.1 Å². The summed E-state index contributed by atoms with van der Waals surface area (Å²) in [6.07, 6.45) is 8.59. The van der Waals surface area contributed by atoms with E-state index in [0.29, 0.717) is 18.6 Å². The molecule has 1 aromatic carbocycles. The van der Waals surface area contributed by atoms with Crippen LogP contribution in [0.4, 0.5) is 4.79 Å². The van der Waals surface area contributed by atoms with Gasteiger partial charge in [-0.25, -0.2) is 4.79 Å². The molecule has 0 radical (unpaired) electrons. The first-order valence-electron chi connectivity index (χ1n) is 14.5. The minimum absolute atomic E-state index is 0.109. The Morgan fingerprint density at radius 2 is 1.64 bits per heavy atom. The molecule has 7 nitrogen and oxygen atoms in total. The average molecular weight is 562 g/mol. The minimum Gasteiger partial charge on any atom is -0.444 e. The van der Waals surface area contributed by atoms with E-state index >= 15 is 0 Å². The van der Waals surface area contributed by atoms with E-state index < -0.39 is 29.3 Å². The minimum atomic E-state index is -0.822. The molecular weight excluding hydrogens is 510 g/mol. The van der Waals surface area contributed by atoms with Gasteiger partial charge in [0, 0.05) is 11.6 Å². The molecule has 1 fully saturated rings. The van der Waals surface area contributed by atoms with E-state index in [9.17, 15) is 14.4 Å². The highest BCUT2D eigenvalue weighted by Crippen LogP contribution is 2.33. The third-order valence-corrected chi connectivity index (χ3v) is 8.16. The molecule has 1 aromatic rings. The van der Waals surface area contributed by atoms with Crippen LogP contribution in [0.2, 0.25) is 0 Å². The summed E-state index contributed by atoms with van der Waals surface area (Å²) in [6, 6.07) is 6.46. The van der Waals surface area contributed by atoms with Gasteiger partial charge in [-0.15, -0.1) is 0 Å². The van der Waals surface area contributed by atoms with Crippen molar-refractivity contribution in [2.24, 2.45) is 0 Å². The molecule has 39 heavy (non-hydrogen) atoms. The zero-order valence-electron chi connectivity index (χ0n) is 25.4. The number of benzene rings is 1. The van der Waals surface area contributed by atoms with Crippen molar-refractivity contribution in [3.05, 3.63) is 35.4 Å². The first kappa shape index (κ1) is 33.0. The molecule has 0 heterocycles. The molecule has 0 saturated heterocycles. The Bertz CT molecular complexity index is 936. The summed E-state index contributed by atoms with van der Waals surface area (Å²) < 4.78 is 5.50. The number of carbonyl (C=O) groups is 3. The topological polar surface area (TPSA) is 87.7 Å². The Labute approximate surface area is 240 Å². The number of hydrogen-bond donors (Lipinski definition) is 2. The van der Waals surface area contributed by atoms with Crippen molar-refractivity contribution >= 4 is 29.7 Å². The van der Waals surface area contributed by atoms with Gasteiger partial charge in [-0.1, -0.05) is 57.4 Å². The van der Waals surface area contributed by atoms with Crippen LogP contribution in [-0.4, -0.2) is 58.0 Å². The molecule has 0 bridgehead atoms. The van der Waals surface area contributed by atoms with Gasteiger partial charge in [-0.05, 0) is 89.9 Å². The van der Waals surface area contributed by atoms with Crippen LogP contribution in [0.1, 0.15) is 111 Å². The molecular formula is C31H51N3O4S. The fourth-order valence-electron chi connectivity index (χ4n) is 4.94. The summed E-state index contributed by atoms with van der Waals surface area (Å²) in [7, 11) is 0. The largest absolute Gasteiger partial charge is 0.444 e. The number of rotatable bonds is 12. The van der Waals surface area contributed by atoms with Gasteiger partial charge < -0.3 is 20.3 Å². The average Bonchev–Trinajstić information content (AvgIpc) is 2.88. The zero-order valence-corrected chi connectivity index (χ0v) is 26.2. The Morgan fingerprint density at radius 1 is 1.03 bits per heavy atom. The highest BCUT2D eigenvalue weighted by Gasteiger charge is 2.43. The maximum absolute atomic E-state index is 14.5. The van der Waals surface area contributed by atoms with E-state index in [2.05, 4.69) is 17.6 Å². The summed E-state index contributed by atoms with van der Waals surface area (Å²) in [5, 5.41) is 6.11. The summed E-state index contributed by atoms with van der Waals surface area (Å²) in [5.41, 5.74) is 0.601. The first-order valence-corrected chi connectivity index (χ1v) is 15.9. The molecule has 2 N–H and O–H groups in total. The molecule has 0 aromatic heterocycles. The van der Waals surface area contributed by atoms with Crippen molar-refractivity contribution in [2.45, 2.75) is 129 Å². The lowest BCUT2D eigenvalue weighted by Gasteiger charge is -2.45. The van der Waals surface area contributed by atoms with Gasteiger partial charge in [-0.3, -0.25) is 9.59 Å². The van der Waals surface area contributed by atoms with Gasteiger partial charge >= 0.3 is 6.09 Å². The van der Waals surface area contributed by atoms with Crippen LogP contribution in [-0.2, 0) is 20.7 Å². The summed E-state index contributed by atoms with van der Waals surface area (Å²) in [4.78, 5) is 43.1. The van der Waals surface area contributed by atoms with E-state index in [0.717, 1.165) is 37.7 Å². The Kier molecular flexibility index (Phi) is 12.7. The monoisotopic (exact) mass is 561 g/mol. The van der Waals surface area contributed by atoms with Crippen LogP contribution in [0.5, 0.6) is 0 Å². The first-order chi connectivity index (χ1) is 18.3. The maximum atomic E-state index is 14.5. The van der Waals surface area contributed by atoms with E-state index in [1.807, 2.05) is 51.3 Å². The predicted molar refractivity (Wildman–Crippen MR) is 161 cm³/mol. The third-order valence-electron chi connectivity index (χ3n) is 7.52. The highest BCUT2D eigenvalue weighted by atomic mass is 32.2. The fraction of sp³-hybridized carbons (Fsp3) is 0.710. The quantitative estimate of drug-likeness (QED) is 0.308. The molecule has 2 atom stereocenters. The molecule has 1 aliphatic rings. The van der Waals surface area contributed by atoms with Crippen LogP contribution in [0.25, 0.3) is 0 Å². The second-order valence-corrected chi connectivity index (χ2v) is 13.2. The van der Waals surface area contributed by atoms with Gasteiger partial charge in [0.2, 0.25) is 11.8 Å². The van der Waals surface area contributed by atoms with Crippen LogP contribution in [0.3, 0.4) is 0 Å². The highest BCUT2D eigenvalue weighted by molar-refractivity contribution is 7.98. The van der Waals surface area contributed by atoms with Gasteiger partial charge in [0.25, 0.3) is 0 Å². The lowest BCUT2D eigenvalue weighted by atomic mass is 9.90. The summed E-state index contributed by atoms with van der Waals surface area (Å²) in [5.74, 6) is 0.239. The van der Waals surface area contributed by atoms with E-state index in [1.54, 1.807) is 37.4 Å². The number of ether oxygens (including phenoxy) is 1. The maximum Gasteiger partial charge on any atom is 0.408 e. The Balaban J connectivity index is 2.55. The van der Waals surface area contributed by atoms with Crippen molar-refractivity contribution in [1.82, 2.24) is 15.5 Å². The SMILES string of the molecule is CCc1ccc(C(C(=O)NC2CCCCC2)N(C(=O)C(CCSC)NC(=O)OC(C)(C)C)C(C)(C)CC)cc1. The molecule has 8 heteroatoms. The second kappa shape index (κ2) is 15.0. The number of hydrogen-bond acceptors (Lipinski definition) is 5. The van der Waals surface area contributed by atoms with Crippen LogP contribution < -0.4 is 10.6 Å². The number of thioether (sulfide) groups is 1. The second-order valence-electron chi connectivity index (χ2n) is 12.2. The van der Waals surface area contributed by atoms with E-state index in [4.69, 9.17) is 4.74 Å². The normalized spacial score (nSPS) is 16.2. The number of carbonyl (C=O) groups excluding carboxylic acids is 3. The predicted octanol–water partition coefficient (Wildman–Crippen LogP) is 6.40. The van der Waals surface area contributed by atoms with Gasteiger partial charge in [-0.2, -0.15) is 11.8 Å². The van der Waals surface area contributed by atoms with Crippen molar-refractivity contribution in [3.63, 3.8) is 0 Å². The van der Waals surface area contributed by atoms with Gasteiger partial charge in [0.1, 0.15) is 17.7 Å². The number of amides is 3. The van der Waals surface area contributed by atoms with Crippen molar-refractivity contribution in [3.8, 4) is 0 Å². The van der Waals surface area contributed by atoms with Crippen LogP contribution >= 0.6 is 11.8 Å². The molecule has 2 rings (SSSR count). The molecule has 0 spiro atoms. The molecule has 1 saturated carbocycles. The lowest BCUT2D eigenvalue weighted by Crippen LogP contribution is -2.60. The summed E-state index contributed by atoms with van der Waals surface area (Å²) in [6.45, 7) is 13.5. The van der Waals surface area contributed by atoms with Crippen molar-refractivity contribution in [1.29, 1.82) is 0 Å². The van der Waals surface area contributed by atoms with Crippen LogP contribution in [0, 0.1) is 0 Å². The third kappa shape index (κ3) is 10.0. The standard InChI is InChI=1S/C31H51N3O4S/c1-9-22-16-18-23(19-17-22)26(27(35)32-24-14-12-11-13-15-24)34(31(6,7)10-2)28(36)25(20-21-39-8)33-29(37)38-30(3,4)5/h16-19,24-26H,9-15,20-21H2,1-8H3,(H,32,35)(H,33,37). The fourth-order valence-corrected chi connectivity index (χ4v) is 5.41. The smallest absolute Gasteiger partial charge is 0.408 e. The van der Waals surface area contributed by atoms with E-state index in [1.165, 1.54) is 12.0 Å². The van der Waals surface area contributed by atoms with Crippen molar-refractivity contribution in [2.75, 3.05) is 12.0 Å². The number of nitrogens with zero attached hydrogens (tertiary/aromatic N) is 1. The number of nitrogens with one attached hydrogen (secondary N) is 2. The Morgan fingerprint density at radius 3 is 2.15 bits per heavy atom. The number of alkyl carbamates (subject to hydrolysis) is 1. The van der Waals surface area contributed by atoms with Gasteiger partial charge in [0.05, 0.1) is 0 Å². The molecule has 2 unspecified atom stereocenters. The van der Waals surface area contributed by atoms with Crippen LogP contribution in [0.15, 0.2) is 24.3 Å². The molecule has 1 aliphatic carbocycles. The lowest BCUT2D eigenvalue weighted by molar-refractivity contribution is -0.149. The molecule has 0 aliphatic heterocycles. The zero-order chi connectivity index (χ0) is 29.2. The number of aryl methyl sites for hydroxylation is 1. The summed E-state index contributed by atoms with van der Waals surface area (Å²) >= 11 is 1.61. The van der Waals surface area contributed by atoms with E-state index in [-0.39, 0.29) is 17.9 Å². The molecule has 220 valence electrons. The Hall–Kier alpha value is -2.22.